The van der Waals surface area contributed by atoms with E-state index in [4.69, 9.17) is 14.2 Å². The Balaban J connectivity index is 2.17. The average Bonchev–Trinajstić information content (AvgIpc) is 2.67. The van der Waals surface area contributed by atoms with Gasteiger partial charge in [-0.15, -0.1) is 0 Å². The molecule has 0 radical (unpaired) electrons. The van der Waals surface area contributed by atoms with Gasteiger partial charge in [0.2, 0.25) is 0 Å². The molecule has 0 aliphatic carbocycles. The zero-order valence-electron chi connectivity index (χ0n) is 15.8. The molecule has 0 aromatic heterocycles. The van der Waals surface area contributed by atoms with Crippen molar-refractivity contribution in [1.82, 2.24) is 5.32 Å². The maximum atomic E-state index is 5.55. The van der Waals surface area contributed by atoms with Crippen molar-refractivity contribution in [2.24, 2.45) is 4.99 Å². The molecule has 0 bridgehead atoms. The fourth-order valence-electron chi connectivity index (χ4n) is 2.46. The molecule has 140 valence electrons. The van der Waals surface area contributed by atoms with Gasteiger partial charge in [0.1, 0.15) is 5.75 Å². The summed E-state index contributed by atoms with van der Waals surface area (Å²) in [5, 5.41) is 6.54. The predicted molar refractivity (Wildman–Crippen MR) is 106 cm³/mol. The third-order valence-electron chi connectivity index (χ3n) is 3.67. The van der Waals surface area contributed by atoms with Crippen molar-refractivity contribution in [3.63, 3.8) is 0 Å². The van der Waals surface area contributed by atoms with Gasteiger partial charge in [0.15, 0.2) is 17.5 Å². The molecule has 2 N–H and O–H groups in total. The van der Waals surface area contributed by atoms with Gasteiger partial charge in [-0.2, -0.15) is 0 Å². The molecule has 0 amide bonds. The lowest BCUT2D eigenvalue weighted by Gasteiger charge is -2.14. The highest BCUT2D eigenvalue weighted by atomic mass is 16.5. The van der Waals surface area contributed by atoms with Gasteiger partial charge in [-0.25, -0.2) is 4.99 Å². The van der Waals surface area contributed by atoms with Gasteiger partial charge in [-0.1, -0.05) is 18.2 Å². The molecule has 26 heavy (non-hydrogen) atoms. The van der Waals surface area contributed by atoms with Crippen LogP contribution in [0.3, 0.4) is 0 Å². The van der Waals surface area contributed by atoms with Gasteiger partial charge < -0.3 is 24.8 Å². The molecular formula is C20H27N3O3. The first-order valence-electron chi connectivity index (χ1n) is 8.69. The molecule has 6 heteroatoms. The van der Waals surface area contributed by atoms with Gasteiger partial charge in [-0.3, -0.25) is 0 Å². The van der Waals surface area contributed by atoms with Crippen LogP contribution in [-0.2, 0) is 6.54 Å². The van der Waals surface area contributed by atoms with Crippen LogP contribution in [0.15, 0.2) is 47.5 Å². The SMILES string of the molecule is CCNC(=NCc1ccccc1OC)Nc1ccc(OCC)c(OC)c1. The van der Waals surface area contributed by atoms with Crippen molar-refractivity contribution < 1.29 is 14.2 Å². The van der Waals surface area contributed by atoms with Crippen molar-refractivity contribution >= 4 is 11.6 Å². The number of anilines is 1. The van der Waals surface area contributed by atoms with Crippen molar-refractivity contribution in [3.05, 3.63) is 48.0 Å². The normalized spacial score (nSPS) is 11.0. The number of hydrogen-bond donors (Lipinski definition) is 2. The summed E-state index contributed by atoms with van der Waals surface area (Å²) in [6.07, 6.45) is 0. The number of nitrogens with zero attached hydrogens (tertiary/aromatic N) is 1. The van der Waals surface area contributed by atoms with E-state index in [0.717, 1.165) is 29.3 Å². The second-order valence-corrected chi connectivity index (χ2v) is 5.43. The molecule has 0 atom stereocenters. The van der Waals surface area contributed by atoms with E-state index in [1.54, 1.807) is 14.2 Å². The monoisotopic (exact) mass is 357 g/mol. The Hall–Kier alpha value is -2.89. The van der Waals surface area contributed by atoms with Crippen LogP contribution in [0.1, 0.15) is 19.4 Å². The van der Waals surface area contributed by atoms with Crippen LogP contribution in [0.4, 0.5) is 5.69 Å². The van der Waals surface area contributed by atoms with Crippen LogP contribution in [0.2, 0.25) is 0 Å². The van der Waals surface area contributed by atoms with Crippen molar-refractivity contribution in [2.45, 2.75) is 20.4 Å². The fourth-order valence-corrected chi connectivity index (χ4v) is 2.46. The molecule has 0 fully saturated rings. The van der Waals surface area contributed by atoms with Crippen LogP contribution in [0.25, 0.3) is 0 Å². The summed E-state index contributed by atoms with van der Waals surface area (Å²) in [7, 11) is 3.29. The smallest absolute Gasteiger partial charge is 0.196 e. The number of rotatable bonds is 8. The van der Waals surface area contributed by atoms with Crippen molar-refractivity contribution in [2.75, 3.05) is 32.7 Å². The Morgan fingerprint density at radius 2 is 1.73 bits per heavy atom. The number of nitrogens with one attached hydrogen (secondary N) is 2. The maximum absolute atomic E-state index is 5.55. The van der Waals surface area contributed by atoms with E-state index < -0.39 is 0 Å². The molecule has 2 aromatic rings. The number of methoxy groups -OCH3 is 2. The fraction of sp³-hybridized carbons (Fsp3) is 0.350. The highest BCUT2D eigenvalue weighted by Gasteiger charge is 2.07. The molecule has 0 unspecified atom stereocenters. The number of hydrogen-bond acceptors (Lipinski definition) is 4. The maximum Gasteiger partial charge on any atom is 0.196 e. The van der Waals surface area contributed by atoms with Crippen molar-refractivity contribution in [1.29, 1.82) is 0 Å². The van der Waals surface area contributed by atoms with Gasteiger partial charge in [0.25, 0.3) is 0 Å². The highest BCUT2D eigenvalue weighted by molar-refractivity contribution is 5.93. The number of benzene rings is 2. The summed E-state index contributed by atoms with van der Waals surface area (Å²) in [6, 6.07) is 13.6. The minimum atomic E-state index is 0.507. The Labute approximate surface area is 155 Å². The summed E-state index contributed by atoms with van der Waals surface area (Å²) in [4.78, 5) is 4.64. The molecule has 0 saturated carbocycles. The van der Waals surface area contributed by atoms with E-state index in [1.165, 1.54) is 0 Å². The first-order valence-corrected chi connectivity index (χ1v) is 8.69. The average molecular weight is 357 g/mol. The third-order valence-corrected chi connectivity index (χ3v) is 3.67. The summed E-state index contributed by atoms with van der Waals surface area (Å²) in [5.74, 6) is 2.91. The second kappa shape index (κ2) is 10.2. The van der Waals surface area contributed by atoms with Crippen LogP contribution < -0.4 is 24.8 Å². The lowest BCUT2D eigenvalue weighted by atomic mass is 10.2. The van der Waals surface area contributed by atoms with E-state index in [2.05, 4.69) is 15.6 Å². The minimum absolute atomic E-state index is 0.507. The second-order valence-electron chi connectivity index (χ2n) is 5.43. The standard InChI is InChI=1S/C20H27N3O3/c1-5-21-20(22-14-15-9-7-8-10-17(15)24-3)23-16-11-12-18(26-6-2)19(13-16)25-4/h7-13H,5-6,14H2,1-4H3,(H2,21,22,23). The van der Waals surface area contributed by atoms with Crippen LogP contribution in [-0.4, -0.2) is 33.3 Å². The van der Waals surface area contributed by atoms with E-state index in [1.807, 2.05) is 56.3 Å². The predicted octanol–water partition coefficient (Wildman–Crippen LogP) is 3.68. The molecule has 0 spiro atoms. The lowest BCUT2D eigenvalue weighted by molar-refractivity contribution is 0.311. The molecule has 0 aliphatic rings. The third kappa shape index (κ3) is 5.31. The quantitative estimate of drug-likeness (QED) is 0.557. The molecule has 2 aromatic carbocycles. The van der Waals surface area contributed by atoms with E-state index in [-0.39, 0.29) is 0 Å². The lowest BCUT2D eigenvalue weighted by Crippen LogP contribution is -2.30. The van der Waals surface area contributed by atoms with E-state index >= 15 is 0 Å². The molecule has 6 nitrogen and oxygen atoms in total. The van der Waals surface area contributed by atoms with Gasteiger partial charge in [0.05, 0.1) is 27.4 Å². The highest BCUT2D eigenvalue weighted by Crippen LogP contribution is 2.30. The number of ether oxygens (including phenoxy) is 3. The minimum Gasteiger partial charge on any atom is -0.496 e. The van der Waals surface area contributed by atoms with Crippen LogP contribution in [0, 0.1) is 0 Å². The summed E-state index contributed by atoms with van der Waals surface area (Å²) in [5.41, 5.74) is 1.89. The first-order chi connectivity index (χ1) is 12.7. The van der Waals surface area contributed by atoms with E-state index in [9.17, 15) is 0 Å². The zero-order chi connectivity index (χ0) is 18.8. The Morgan fingerprint density at radius 1 is 0.962 bits per heavy atom. The number of guanidine groups is 1. The topological polar surface area (TPSA) is 64.1 Å². The van der Waals surface area contributed by atoms with Crippen LogP contribution in [0.5, 0.6) is 17.2 Å². The Kier molecular flexibility index (Phi) is 7.61. The summed E-state index contributed by atoms with van der Waals surface area (Å²) in [6.45, 7) is 5.82. The summed E-state index contributed by atoms with van der Waals surface area (Å²) < 4.78 is 16.3. The largest absolute Gasteiger partial charge is 0.496 e. The van der Waals surface area contributed by atoms with Gasteiger partial charge in [-0.05, 0) is 32.0 Å². The Bertz CT molecular complexity index is 732. The Morgan fingerprint density at radius 3 is 2.42 bits per heavy atom. The molecule has 0 saturated heterocycles. The van der Waals surface area contributed by atoms with E-state index in [0.29, 0.717) is 24.9 Å². The molecule has 0 heterocycles. The molecular weight excluding hydrogens is 330 g/mol. The molecule has 2 rings (SSSR count). The number of para-hydroxylation sites is 1. The van der Waals surface area contributed by atoms with Gasteiger partial charge in [0, 0.05) is 23.9 Å². The summed E-state index contributed by atoms with van der Waals surface area (Å²) >= 11 is 0. The zero-order valence-corrected chi connectivity index (χ0v) is 15.8. The van der Waals surface area contributed by atoms with Crippen molar-refractivity contribution in [3.8, 4) is 17.2 Å². The van der Waals surface area contributed by atoms with Gasteiger partial charge >= 0.3 is 0 Å². The molecule has 0 aliphatic heterocycles. The van der Waals surface area contributed by atoms with Crippen LogP contribution >= 0.6 is 0 Å². The first kappa shape index (κ1) is 19.4. The number of aliphatic imine (C=N–C) groups is 1.